The zero-order chi connectivity index (χ0) is 10.4. The van der Waals surface area contributed by atoms with Crippen LogP contribution in [0.2, 0.25) is 0 Å². The summed E-state index contributed by atoms with van der Waals surface area (Å²) in [5.41, 5.74) is 5.66. The lowest BCUT2D eigenvalue weighted by Gasteiger charge is -2.10. The van der Waals surface area contributed by atoms with E-state index >= 15 is 0 Å². The van der Waals surface area contributed by atoms with Crippen molar-refractivity contribution in [3.63, 3.8) is 0 Å². The van der Waals surface area contributed by atoms with E-state index in [-0.39, 0.29) is 0 Å². The standard InChI is InChI=1S/C9H12N2O3/c1-13-7-3-4-8(11-10-6-12)9(5-7)14-2/h3-6,11H,1-2H3,(H,10,12). The average molecular weight is 196 g/mol. The van der Waals surface area contributed by atoms with Gasteiger partial charge in [0.05, 0.1) is 19.9 Å². The lowest BCUT2D eigenvalue weighted by atomic mass is 10.3. The van der Waals surface area contributed by atoms with E-state index in [2.05, 4.69) is 10.9 Å². The molecular formula is C9H12N2O3. The number of ether oxygens (including phenoxy) is 2. The Morgan fingerprint density at radius 1 is 1.29 bits per heavy atom. The molecule has 0 heterocycles. The van der Waals surface area contributed by atoms with Crippen LogP contribution in [0.1, 0.15) is 0 Å². The van der Waals surface area contributed by atoms with E-state index < -0.39 is 0 Å². The number of carbonyl (C=O) groups excluding carboxylic acids is 1. The summed E-state index contributed by atoms with van der Waals surface area (Å²) in [6.45, 7) is 0. The number of methoxy groups -OCH3 is 2. The first-order valence-corrected chi connectivity index (χ1v) is 3.99. The molecule has 0 aliphatic rings. The first-order valence-electron chi connectivity index (χ1n) is 3.99. The van der Waals surface area contributed by atoms with E-state index in [1.807, 2.05) is 0 Å². The van der Waals surface area contributed by atoms with Crippen LogP contribution in [0.15, 0.2) is 18.2 Å². The van der Waals surface area contributed by atoms with Gasteiger partial charge in [-0.1, -0.05) is 0 Å². The summed E-state index contributed by atoms with van der Waals surface area (Å²) in [6.07, 6.45) is 0.545. The number of hydrogen-bond donors (Lipinski definition) is 2. The van der Waals surface area contributed by atoms with E-state index in [9.17, 15) is 4.79 Å². The molecular weight excluding hydrogens is 184 g/mol. The van der Waals surface area contributed by atoms with Gasteiger partial charge in [0.2, 0.25) is 6.41 Å². The Hall–Kier alpha value is -1.91. The fraction of sp³-hybridized carbons (Fsp3) is 0.222. The third-order valence-corrected chi connectivity index (χ3v) is 1.67. The minimum Gasteiger partial charge on any atom is -0.497 e. The molecule has 1 aromatic carbocycles. The van der Waals surface area contributed by atoms with Crippen molar-refractivity contribution >= 4 is 12.1 Å². The molecule has 76 valence electrons. The molecule has 1 amide bonds. The summed E-state index contributed by atoms with van der Waals surface area (Å²) >= 11 is 0. The lowest BCUT2D eigenvalue weighted by Crippen LogP contribution is -2.19. The quantitative estimate of drug-likeness (QED) is 0.539. The topological polar surface area (TPSA) is 59.6 Å². The fourth-order valence-electron chi connectivity index (χ4n) is 1.01. The molecule has 0 saturated heterocycles. The second-order valence-corrected chi connectivity index (χ2v) is 2.45. The number of hydrazine groups is 1. The van der Waals surface area contributed by atoms with Crippen molar-refractivity contribution in [2.45, 2.75) is 0 Å². The molecule has 0 aliphatic heterocycles. The summed E-state index contributed by atoms with van der Waals surface area (Å²) < 4.78 is 10.1. The van der Waals surface area contributed by atoms with Crippen molar-refractivity contribution in [1.29, 1.82) is 0 Å². The highest BCUT2D eigenvalue weighted by molar-refractivity contribution is 5.61. The summed E-state index contributed by atoms with van der Waals surface area (Å²) in [5, 5.41) is 0. The van der Waals surface area contributed by atoms with Gasteiger partial charge in [-0.15, -0.1) is 0 Å². The van der Waals surface area contributed by atoms with Crippen molar-refractivity contribution in [1.82, 2.24) is 5.43 Å². The van der Waals surface area contributed by atoms with Gasteiger partial charge < -0.3 is 9.47 Å². The smallest absolute Gasteiger partial charge is 0.225 e. The van der Waals surface area contributed by atoms with Gasteiger partial charge in [-0.2, -0.15) is 0 Å². The first kappa shape index (κ1) is 10.2. The summed E-state index contributed by atoms with van der Waals surface area (Å²) in [4.78, 5) is 10.1. The number of hydrogen-bond acceptors (Lipinski definition) is 4. The third-order valence-electron chi connectivity index (χ3n) is 1.67. The highest BCUT2D eigenvalue weighted by atomic mass is 16.5. The maximum absolute atomic E-state index is 10.1. The van der Waals surface area contributed by atoms with Crippen LogP contribution in [-0.4, -0.2) is 20.6 Å². The van der Waals surface area contributed by atoms with Crippen molar-refractivity contribution in [2.75, 3.05) is 19.6 Å². The van der Waals surface area contributed by atoms with Crippen LogP contribution < -0.4 is 20.3 Å². The van der Waals surface area contributed by atoms with E-state index in [1.165, 1.54) is 0 Å². The molecule has 0 bridgehead atoms. The Morgan fingerprint density at radius 2 is 2.07 bits per heavy atom. The molecule has 2 N–H and O–H groups in total. The average Bonchev–Trinajstić information content (AvgIpc) is 2.26. The minimum absolute atomic E-state index is 0.545. The van der Waals surface area contributed by atoms with Gasteiger partial charge in [-0.25, -0.2) is 0 Å². The van der Waals surface area contributed by atoms with Crippen LogP contribution in [-0.2, 0) is 4.79 Å². The van der Waals surface area contributed by atoms with Crippen LogP contribution in [0.25, 0.3) is 0 Å². The highest BCUT2D eigenvalue weighted by Gasteiger charge is 2.03. The number of anilines is 1. The van der Waals surface area contributed by atoms with E-state index in [1.54, 1.807) is 32.4 Å². The van der Waals surface area contributed by atoms with Crippen LogP contribution in [0.3, 0.4) is 0 Å². The minimum atomic E-state index is 0.545. The maximum atomic E-state index is 10.1. The van der Waals surface area contributed by atoms with Crippen LogP contribution in [0, 0.1) is 0 Å². The van der Waals surface area contributed by atoms with E-state index in [0.717, 1.165) is 0 Å². The van der Waals surface area contributed by atoms with Crippen LogP contribution in [0.5, 0.6) is 11.5 Å². The molecule has 0 aliphatic carbocycles. The molecule has 5 nitrogen and oxygen atoms in total. The summed E-state index contributed by atoms with van der Waals surface area (Å²) in [7, 11) is 3.12. The van der Waals surface area contributed by atoms with E-state index in [4.69, 9.17) is 9.47 Å². The molecule has 0 fully saturated rings. The number of rotatable bonds is 5. The Morgan fingerprint density at radius 3 is 2.64 bits per heavy atom. The normalized spacial score (nSPS) is 9.00. The van der Waals surface area contributed by atoms with Gasteiger partial charge in [0.15, 0.2) is 0 Å². The lowest BCUT2D eigenvalue weighted by molar-refractivity contribution is -0.109. The fourth-order valence-corrected chi connectivity index (χ4v) is 1.01. The van der Waals surface area contributed by atoms with Gasteiger partial charge >= 0.3 is 0 Å². The predicted octanol–water partition coefficient (Wildman–Crippen LogP) is 0.777. The van der Waals surface area contributed by atoms with Gasteiger partial charge in [0.1, 0.15) is 11.5 Å². The summed E-state index contributed by atoms with van der Waals surface area (Å²) in [6, 6.07) is 5.22. The number of amides is 1. The van der Waals surface area contributed by atoms with Crippen molar-refractivity contribution < 1.29 is 14.3 Å². The Labute approximate surface area is 82.0 Å². The maximum Gasteiger partial charge on any atom is 0.225 e. The number of nitrogens with one attached hydrogen (secondary N) is 2. The first-order chi connectivity index (χ1) is 6.81. The van der Waals surface area contributed by atoms with Crippen molar-refractivity contribution in [3.8, 4) is 11.5 Å². The molecule has 0 aromatic heterocycles. The van der Waals surface area contributed by atoms with Gasteiger partial charge in [0, 0.05) is 6.07 Å². The van der Waals surface area contributed by atoms with Gasteiger partial charge in [-0.3, -0.25) is 15.6 Å². The molecule has 1 rings (SSSR count). The SMILES string of the molecule is COc1ccc(NNC=O)c(OC)c1. The van der Waals surface area contributed by atoms with Gasteiger partial charge in [-0.05, 0) is 12.1 Å². The number of benzene rings is 1. The van der Waals surface area contributed by atoms with Crippen LogP contribution in [0.4, 0.5) is 5.69 Å². The monoisotopic (exact) mass is 196 g/mol. The zero-order valence-corrected chi connectivity index (χ0v) is 8.03. The molecule has 1 aromatic rings. The van der Waals surface area contributed by atoms with Crippen molar-refractivity contribution in [2.24, 2.45) is 0 Å². The molecule has 0 atom stereocenters. The second-order valence-electron chi connectivity index (χ2n) is 2.45. The summed E-state index contributed by atoms with van der Waals surface area (Å²) in [5.74, 6) is 1.29. The zero-order valence-electron chi connectivity index (χ0n) is 8.03. The Balaban J connectivity index is 2.87. The molecule has 14 heavy (non-hydrogen) atoms. The van der Waals surface area contributed by atoms with E-state index in [0.29, 0.717) is 23.6 Å². The highest BCUT2D eigenvalue weighted by Crippen LogP contribution is 2.28. The second kappa shape index (κ2) is 4.96. The van der Waals surface area contributed by atoms with Crippen LogP contribution >= 0.6 is 0 Å². The largest absolute Gasteiger partial charge is 0.497 e. The third kappa shape index (κ3) is 2.29. The molecule has 0 spiro atoms. The molecule has 5 heteroatoms. The van der Waals surface area contributed by atoms with Gasteiger partial charge in [0.25, 0.3) is 0 Å². The van der Waals surface area contributed by atoms with Crippen molar-refractivity contribution in [3.05, 3.63) is 18.2 Å². The molecule has 0 radical (unpaired) electrons. The Kier molecular flexibility index (Phi) is 3.60. The Bertz CT molecular complexity index is 315. The predicted molar refractivity (Wildman–Crippen MR) is 52.4 cm³/mol. The molecule has 0 unspecified atom stereocenters. The molecule has 0 saturated carbocycles. The number of carbonyl (C=O) groups is 1.